The Hall–Kier alpha value is -3.02. The molecule has 2 rings (SSSR count). The molecule has 6 heteroatoms. The van der Waals surface area contributed by atoms with E-state index in [9.17, 15) is 14.7 Å². The minimum Gasteiger partial charge on any atom is -0.507 e. The van der Waals surface area contributed by atoms with Crippen molar-refractivity contribution in [1.29, 1.82) is 0 Å². The number of phenols is 1. The van der Waals surface area contributed by atoms with Crippen LogP contribution >= 0.6 is 0 Å². The zero-order chi connectivity index (χ0) is 23.2. The molecule has 0 atom stereocenters. The fraction of sp³-hybridized carbons (Fsp3) is 0.440. The molecule has 168 valence electrons. The Kier molecular flexibility index (Phi) is 7.71. The Bertz CT molecular complexity index is 910. The second-order valence-corrected chi connectivity index (χ2v) is 9.52. The van der Waals surface area contributed by atoms with Crippen LogP contribution in [0.2, 0.25) is 0 Å². The summed E-state index contributed by atoms with van der Waals surface area (Å²) in [4.78, 5) is 23.8. The van der Waals surface area contributed by atoms with Gasteiger partial charge < -0.3 is 19.9 Å². The number of phenolic OH excluding ortho intramolecular Hbond substituents is 1. The van der Waals surface area contributed by atoms with Gasteiger partial charge in [0.25, 0.3) is 0 Å². The van der Waals surface area contributed by atoms with E-state index >= 15 is 0 Å². The molecule has 0 aliphatic rings. The maximum absolute atomic E-state index is 12.2. The topological polar surface area (TPSA) is 84.9 Å². The molecule has 0 radical (unpaired) electrons. The Balaban J connectivity index is 1.88. The molecule has 0 aromatic heterocycles. The first-order valence-corrected chi connectivity index (χ1v) is 10.4. The highest BCUT2D eigenvalue weighted by atomic mass is 16.5. The van der Waals surface area contributed by atoms with Gasteiger partial charge in [-0.1, -0.05) is 46.8 Å². The van der Waals surface area contributed by atoms with Crippen LogP contribution in [0.4, 0.5) is 5.69 Å². The molecule has 0 saturated carbocycles. The normalized spacial score (nSPS) is 11.7. The van der Waals surface area contributed by atoms with Gasteiger partial charge in [-0.25, -0.2) is 4.79 Å². The lowest BCUT2D eigenvalue weighted by atomic mass is 9.72. The molecule has 2 aromatic rings. The monoisotopic (exact) mass is 427 g/mol. The predicted molar refractivity (Wildman–Crippen MR) is 122 cm³/mol. The lowest BCUT2D eigenvalue weighted by Gasteiger charge is -2.33. The summed E-state index contributed by atoms with van der Waals surface area (Å²) in [6.45, 7) is 11.4. The highest BCUT2D eigenvalue weighted by Gasteiger charge is 2.27. The molecule has 2 aromatic carbocycles. The van der Waals surface area contributed by atoms with Crippen molar-refractivity contribution in [3.63, 3.8) is 0 Å². The first-order chi connectivity index (χ1) is 14.4. The zero-order valence-corrected chi connectivity index (χ0v) is 19.2. The van der Waals surface area contributed by atoms with Gasteiger partial charge >= 0.3 is 5.97 Å². The number of rotatable bonds is 8. The van der Waals surface area contributed by atoms with Gasteiger partial charge in [0, 0.05) is 5.69 Å². The summed E-state index contributed by atoms with van der Waals surface area (Å²) in [6, 6.07) is 12.2. The fourth-order valence-electron chi connectivity index (χ4n) is 3.80. The van der Waals surface area contributed by atoms with E-state index in [0.717, 1.165) is 6.42 Å². The van der Waals surface area contributed by atoms with E-state index in [1.165, 1.54) is 30.9 Å². The second-order valence-electron chi connectivity index (χ2n) is 9.52. The number of benzene rings is 2. The van der Waals surface area contributed by atoms with Crippen molar-refractivity contribution in [2.45, 2.75) is 52.9 Å². The number of aromatic hydroxyl groups is 1. The minimum atomic E-state index is -0.675. The van der Waals surface area contributed by atoms with Gasteiger partial charge in [-0.15, -0.1) is 0 Å². The molecule has 0 heterocycles. The van der Waals surface area contributed by atoms with E-state index < -0.39 is 5.97 Å². The number of hydrogen-bond acceptors (Lipinski definition) is 5. The van der Waals surface area contributed by atoms with Gasteiger partial charge in [-0.2, -0.15) is 0 Å². The van der Waals surface area contributed by atoms with Gasteiger partial charge in [0.05, 0.1) is 20.1 Å². The van der Waals surface area contributed by atoms with Crippen LogP contribution in [-0.4, -0.2) is 30.7 Å². The molecule has 0 saturated heterocycles. The van der Waals surface area contributed by atoms with Crippen LogP contribution in [0.1, 0.15) is 63.4 Å². The molecule has 0 spiro atoms. The Morgan fingerprint density at radius 3 is 2.23 bits per heavy atom. The van der Waals surface area contributed by atoms with Crippen LogP contribution < -0.4 is 10.1 Å². The second kappa shape index (κ2) is 9.86. The number of nitrogens with one attached hydrogen (secondary N) is 1. The highest BCUT2D eigenvalue weighted by molar-refractivity contribution is 5.96. The predicted octanol–water partition coefficient (Wildman–Crippen LogP) is 5.30. The number of hydrogen-bond donors (Lipinski definition) is 2. The molecule has 0 unspecified atom stereocenters. The van der Waals surface area contributed by atoms with Crippen molar-refractivity contribution in [3.8, 4) is 11.5 Å². The number of ether oxygens (including phenoxy) is 2. The van der Waals surface area contributed by atoms with Crippen molar-refractivity contribution < 1.29 is 24.2 Å². The van der Waals surface area contributed by atoms with E-state index in [4.69, 9.17) is 4.74 Å². The molecule has 0 aliphatic carbocycles. The van der Waals surface area contributed by atoms with Crippen molar-refractivity contribution in [2.24, 2.45) is 5.41 Å². The van der Waals surface area contributed by atoms with Crippen molar-refractivity contribution in [1.82, 2.24) is 0 Å². The quantitative estimate of drug-likeness (QED) is 0.441. The Morgan fingerprint density at radius 1 is 1.00 bits per heavy atom. The van der Waals surface area contributed by atoms with E-state index in [2.05, 4.69) is 56.8 Å². The number of anilines is 1. The molecule has 2 N–H and O–H groups in total. The average Bonchev–Trinajstić information content (AvgIpc) is 2.67. The Labute approximate surface area is 184 Å². The summed E-state index contributed by atoms with van der Waals surface area (Å²) in [5.74, 6) is -0.432. The van der Waals surface area contributed by atoms with Crippen LogP contribution in [0.5, 0.6) is 11.5 Å². The van der Waals surface area contributed by atoms with Crippen molar-refractivity contribution >= 4 is 17.6 Å². The van der Waals surface area contributed by atoms with E-state index in [0.29, 0.717) is 11.4 Å². The lowest BCUT2D eigenvalue weighted by Crippen LogP contribution is -2.24. The van der Waals surface area contributed by atoms with Gasteiger partial charge in [0.2, 0.25) is 5.91 Å². The van der Waals surface area contributed by atoms with Crippen LogP contribution in [0.25, 0.3) is 0 Å². The third kappa shape index (κ3) is 7.31. The number of amides is 1. The summed E-state index contributed by atoms with van der Waals surface area (Å²) >= 11 is 0. The molecule has 1 amide bonds. The van der Waals surface area contributed by atoms with E-state index in [-0.39, 0.29) is 41.1 Å². The van der Waals surface area contributed by atoms with Crippen LogP contribution in [0, 0.1) is 5.41 Å². The summed E-state index contributed by atoms with van der Waals surface area (Å²) < 4.78 is 10.3. The van der Waals surface area contributed by atoms with Gasteiger partial charge in [-0.3, -0.25) is 4.79 Å². The summed E-state index contributed by atoms with van der Waals surface area (Å²) in [7, 11) is 1.22. The summed E-state index contributed by atoms with van der Waals surface area (Å²) in [6.07, 6.45) is 1.21. The van der Waals surface area contributed by atoms with Crippen LogP contribution in [0.15, 0.2) is 42.5 Å². The van der Waals surface area contributed by atoms with Gasteiger partial charge in [0.1, 0.15) is 17.1 Å². The maximum atomic E-state index is 12.2. The van der Waals surface area contributed by atoms with Crippen LogP contribution in [-0.2, 0) is 14.9 Å². The number of carbonyl (C=O) groups excluding carboxylic acids is 2. The summed E-state index contributed by atoms with van der Waals surface area (Å²) in [5, 5.41) is 12.4. The van der Waals surface area contributed by atoms with Crippen molar-refractivity contribution in [3.05, 3.63) is 53.6 Å². The van der Waals surface area contributed by atoms with Crippen LogP contribution in [0.3, 0.4) is 0 Å². The molecule has 6 nitrogen and oxygen atoms in total. The zero-order valence-electron chi connectivity index (χ0n) is 19.2. The number of methoxy groups -OCH3 is 1. The maximum Gasteiger partial charge on any atom is 0.341 e. The Morgan fingerprint density at radius 2 is 1.65 bits per heavy atom. The average molecular weight is 428 g/mol. The molecule has 0 fully saturated rings. The molecule has 31 heavy (non-hydrogen) atoms. The first kappa shape index (κ1) is 24.3. The van der Waals surface area contributed by atoms with Gasteiger partial charge in [-0.05, 0) is 53.1 Å². The molecule has 0 aliphatic heterocycles. The van der Waals surface area contributed by atoms with E-state index in [1.54, 1.807) is 0 Å². The largest absolute Gasteiger partial charge is 0.507 e. The molecule has 0 bridgehead atoms. The number of esters is 1. The third-order valence-electron chi connectivity index (χ3n) is 4.89. The fourth-order valence-corrected chi connectivity index (χ4v) is 3.80. The number of carbonyl (C=O) groups is 2. The summed E-state index contributed by atoms with van der Waals surface area (Å²) in [5.41, 5.74) is 1.94. The SMILES string of the molecule is COC(=O)c1cc(NC(=O)CCOc2ccc(C(C)(C)CC(C)(C)C)cc2)ccc1O. The van der Waals surface area contributed by atoms with Gasteiger partial charge in [0.15, 0.2) is 0 Å². The molecular formula is C25H33NO5. The minimum absolute atomic E-state index is 0.00831. The highest BCUT2D eigenvalue weighted by Crippen LogP contribution is 2.36. The van der Waals surface area contributed by atoms with Crippen molar-refractivity contribution in [2.75, 3.05) is 19.0 Å². The molecular weight excluding hydrogens is 394 g/mol. The van der Waals surface area contributed by atoms with E-state index in [1.807, 2.05) is 12.1 Å². The standard InChI is InChI=1S/C25H33NO5/c1-24(2,3)16-25(4,5)17-7-10-19(11-8-17)31-14-13-22(28)26-18-9-12-21(27)20(15-18)23(29)30-6/h7-12,15,27H,13-14,16H2,1-6H3,(H,26,28). The third-order valence-corrected chi connectivity index (χ3v) is 4.89. The smallest absolute Gasteiger partial charge is 0.341 e. The lowest BCUT2D eigenvalue weighted by molar-refractivity contribution is -0.116. The first-order valence-electron chi connectivity index (χ1n) is 10.4.